The van der Waals surface area contributed by atoms with Crippen LogP contribution in [0.2, 0.25) is 0 Å². The summed E-state index contributed by atoms with van der Waals surface area (Å²) in [5.41, 5.74) is 0.445. The van der Waals surface area contributed by atoms with Crippen molar-refractivity contribution in [1.82, 2.24) is 4.90 Å². The third kappa shape index (κ3) is 1.66. The van der Waals surface area contributed by atoms with E-state index in [2.05, 4.69) is 0 Å². The van der Waals surface area contributed by atoms with E-state index >= 15 is 0 Å². The van der Waals surface area contributed by atoms with Crippen LogP contribution in [-0.4, -0.2) is 47.3 Å². The van der Waals surface area contributed by atoms with Crippen LogP contribution in [0.1, 0.15) is 24.0 Å². The predicted molar refractivity (Wildman–Crippen MR) is 85.3 cm³/mol. The van der Waals surface area contributed by atoms with Gasteiger partial charge in [0.2, 0.25) is 5.78 Å². The van der Waals surface area contributed by atoms with Crippen molar-refractivity contribution in [3.63, 3.8) is 0 Å². The van der Waals surface area contributed by atoms with E-state index in [0.717, 1.165) is 23.1 Å². The van der Waals surface area contributed by atoms with Crippen molar-refractivity contribution in [2.45, 2.75) is 24.0 Å². The quantitative estimate of drug-likeness (QED) is 0.824. The van der Waals surface area contributed by atoms with Gasteiger partial charge in [-0.15, -0.1) is 0 Å². The number of rotatable bonds is 1. The summed E-state index contributed by atoms with van der Waals surface area (Å²) in [6.45, 7) is 0.573. The summed E-state index contributed by atoms with van der Waals surface area (Å²) in [5, 5.41) is 21.6. The topological polar surface area (TPSA) is 70.0 Å². The lowest BCUT2D eigenvalue weighted by atomic mass is 9.58. The maximum Gasteiger partial charge on any atom is 0.202 e. The Morgan fingerprint density at radius 1 is 1.30 bits per heavy atom. The fourth-order valence-corrected chi connectivity index (χ4v) is 4.24. The Morgan fingerprint density at radius 3 is 2.83 bits per heavy atom. The number of hydrogen-bond acceptors (Lipinski definition) is 5. The molecule has 1 aromatic rings. The Kier molecular flexibility index (Phi) is 2.81. The number of hydrogen-bond donors (Lipinski definition) is 2. The lowest BCUT2D eigenvalue weighted by Crippen LogP contribution is -2.63. The summed E-state index contributed by atoms with van der Waals surface area (Å²) in [6, 6.07) is 3.64. The van der Waals surface area contributed by atoms with E-state index < -0.39 is 11.1 Å². The molecule has 0 radical (unpaired) electrons. The number of carbonyl (C=O) groups is 1. The van der Waals surface area contributed by atoms with E-state index in [1.165, 1.54) is 13.2 Å². The first-order valence-electron chi connectivity index (χ1n) is 7.71. The number of methoxy groups -OCH3 is 1. The summed E-state index contributed by atoms with van der Waals surface area (Å²) >= 11 is 0. The molecule has 2 aliphatic carbocycles. The van der Waals surface area contributed by atoms with Gasteiger partial charge in [0.25, 0.3) is 0 Å². The Bertz CT molecular complexity index is 781. The van der Waals surface area contributed by atoms with E-state index in [0.29, 0.717) is 12.3 Å². The van der Waals surface area contributed by atoms with Crippen molar-refractivity contribution in [3.05, 3.63) is 41.0 Å². The number of ether oxygens (including phenoxy) is 1. The zero-order valence-electron chi connectivity index (χ0n) is 13.2. The third-order valence-corrected chi connectivity index (χ3v) is 5.60. The second-order valence-electron chi connectivity index (χ2n) is 6.62. The van der Waals surface area contributed by atoms with E-state index in [1.807, 2.05) is 18.2 Å². The molecular formula is C18H19NO4. The van der Waals surface area contributed by atoms with Crippen LogP contribution in [0, 0.1) is 0 Å². The zero-order valence-corrected chi connectivity index (χ0v) is 13.2. The first-order valence-corrected chi connectivity index (χ1v) is 7.71. The largest absolute Gasteiger partial charge is 0.504 e. The number of nitrogens with zero attached hydrogens (tertiary/aromatic N) is 1. The third-order valence-electron chi connectivity index (χ3n) is 5.60. The number of ketones is 1. The van der Waals surface area contributed by atoms with Crippen LogP contribution in [0.5, 0.6) is 11.5 Å². The van der Waals surface area contributed by atoms with Crippen LogP contribution < -0.4 is 4.74 Å². The Labute approximate surface area is 134 Å². The highest BCUT2D eigenvalue weighted by atomic mass is 16.5. The molecule has 1 aromatic carbocycles. The summed E-state index contributed by atoms with van der Waals surface area (Å²) in [6.07, 6.45) is 6.33. The van der Waals surface area contributed by atoms with Crippen molar-refractivity contribution >= 4 is 11.9 Å². The van der Waals surface area contributed by atoms with Gasteiger partial charge in [0.05, 0.1) is 7.11 Å². The molecule has 2 unspecified atom stereocenters. The number of likely N-dealkylation sites (tertiary alicyclic amines) is 1. The predicted octanol–water partition coefficient (Wildman–Crippen LogP) is 1.59. The van der Waals surface area contributed by atoms with Crippen LogP contribution in [0.25, 0.3) is 6.08 Å². The lowest BCUT2D eigenvalue weighted by molar-refractivity contribution is -0.168. The molecule has 3 aliphatic rings. The van der Waals surface area contributed by atoms with Crippen molar-refractivity contribution < 1.29 is 19.7 Å². The van der Waals surface area contributed by atoms with Gasteiger partial charge in [-0.25, -0.2) is 0 Å². The number of fused-ring (bicyclic) bond motifs is 2. The molecule has 2 atom stereocenters. The van der Waals surface area contributed by atoms with Crippen LogP contribution in [0.15, 0.2) is 29.9 Å². The van der Waals surface area contributed by atoms with Gasteiger partial charge < -0.3 is 14.9 Å². The summed E-state index contributed by atoms with van der Waals surface area (Å²) < 4.78 is 5.26. The Balaban J connectivity index is 2.02. The van der Waals surface area contributed by atoms with Gasteiger partial charge in [-0.05, 0) is 36.7 Å². The minimum absolute atomic E-state index is 0.0986. The van der Waals surface area contributed by atoms with Crippen molar-refractivity contribution in [2.75, 3.05) is 20.7 Å². The summed E-state index contributed by atoms with van der Waals surface area (Å²) in [4.78, 5) is 14.1. The van der Waals surface area contributed by atoms with Crippen molar-refractivity contribution in [3.8, 4) is 11.5 Å². The van der Waals surface area contributed by atoms with Crippen molar-refractivity contribution in [1.29, 1.82) is 0 Å². The number of aromatic hydroxyl groups is 1. The zero-order chi connectivity index (χ0) is 16.4. The smallest absolute Gasteiger partial charge is 0.202 e. The van der Waals surface area contributed by atoms with Crippen molar-refractivity contribution in [2.24, 2.45) is 0 Å². The highest BCUT2D eigenvalue weighted by Crippen LogP contribution is 2.56. The average molecular weight is 313 g/mol. The minimum Gasteiger partial charge on any atom is -0.504 e. The second-order valence-corrected chi connectivity index (χ2v) is 6.62. The minimum atomic E-state index is -1.51. The van der Waals surface area contributed by atoms with Gasteiger partial charge in [-0.2, -0.15) is 0 Å². The van der Waals surface area contributed by atoms with Gasteiger partial charge >= 0.3 is 0 Å². The number of likely N-dealkylation sites (N-methyl/N-ethyl adjacent to an activating group) is 1. The SMILES string of the molecule is COc1ccc2c(c1O)C13CCN(C)C(O)(C1)C(=O)C=C3C=C2. The van der Waals surface area contributed by atoms with Gasteiger partial charge in [0.1, 0.15) is 0 Å². The number of piperidine rings is 1. The van der Waals surface area contributed by atoms with Gasteiger partial charge in [0, 0.05) is 23.9 Å². The van der Waals surface area contributed by atoms with Crippen LogP contribution in [-0.2, 0) is 10.2 Å². The maximum atomic E-state index is 12.4. The molecule has 1 heterocycles. The Hall–Kier alpha value is -2.11. The second kappa shape index (κ2) is 4.46. The number of carbonyl (C=O) groups excluding carboxylic acids is 1. The first kappa shape index (κ1) is 14.5. The van der Waals surface area contributed by atoms with Gasteiger partial charge in [0.15, 0.2) is 17.2 Å². The normalized spacial score (nSPS) is 32.1. The molecule has 0 aromatic heterocycles. The summed E-state index contributed by atoms with van der Waals surface area (Å²) in [7, 11) is 3.28. The monoisotopic (exact) mass is 313 g/mol. The van der Waals surface area contributed by atoms with E-state index in [-0.39, 0.29) is 18.0 Å². The molecule has 5 nitrogen and oxygen atoms in total. The number of phenolic OH excluding ortho intramolecular Hbond substituents is 1. The maximum absolute atomic E-state index is 12.4. The van der Waals surface area contributed by atoms with Crippen LogP contribution in [0.3, 0.4) is 0 Å². The number of benzene rings is 1. The molecule has 4 rings (SSSR count). The molecular weight excluding hydrogens is 294 g/mol. The fourth-order valence-electron chi connectivity index (χ4n) is 4.24. The Morgan fingerprint density at radius 2 is 2.09 bits per heavy atom. The molecule has 23 heavy (non-hydrogen) atoms. The first-order chi connectivity index (χ1) is 10.9. The molecule has 1 saturated heterocycles. The number of aliphatic hydroxyl groups is 1. The molecule has 1 spiro atoms. The average Bonchev–Trinajstić information content (AvgIpc) is 2.53. The molecule has 5 heteroatoms. The molecule has 0 saturated carbocycles. The van der Waals surface area contributed by atoms with E-state index in [1.54, 1.807) is 18.0 Å². The standard InChI is InChI=1S/C18H19NO4/c1-19-8-7-17-10-18(19,22)14(20)9-12(17)5-3-11-4-6-13(23-2)16(21)15(11)17/h3-6,9,21-22H,7-8,10H2,1-2H3. The van der Waals surface area contributed by atoms with E-state index in [9.17, 15) is 15.0 Å². The van der Waals surface area contributed by atoms with Gasteiger partial charge in [-0.3, -0.25) is 9.69 Å². The molecule has 0 amide bonds. The van der Waals surface area contributed by atoms with Crippen LogP contribution in [0.4, 0.5) is 0 Å². The molecule has 2 bridgehead atoms. The van der Waals surface area contributed by atoms with Gasteiger partial charge in [-0.1, -0.05) is 18.2 Å². The highest BCUT2D eigenvalue weighted by Gasteiger charge is 2.57. The summed E-state index contributed by atoms with van der Waals surface area (Å²) in [5.74, 6) is 0.217. The number of phenols is 1. The van der Waals surface area contributed by atoms with E-state index in [4.69, 9.17) is 4.74 Å². The molecule has 2 N–H and O–H groups in total. The fraction of sp³-hybridized carbons (Fsp3) is 0.389. The van der Waals surface area contributed by atoms with Crippen LogP contribution >= 0.6 is 0 Å². The molecule has 1 aliphatic heterocycles. The lowest BCUT2D eigenvalue weighted by Gasteiger charge is -2.54. The molecule has 120 valence electrons. The highest BCUT2D eigenvalue weighted by molar-refractivity contribution is 6.00. The molecule has 1 fully saturated rings. The number of allylic oxidation sites excluding steroid dienone is 2.